The molecule has 0 bridgehead atoms. The van der Waals surface area contributed by atoms with Crippen molar-refractivity contribution in [1.29, 1.82) is 0 Å². The first-order valence-electron chi connectivity index (χ1n) is 6.24. The maximum absolute atomic E-state index is 14.0. The second-order valence-corrected chi connectivity index (χ2v) is 5.16. The highest BCUT2D eigenvalue weighted by Crippen LogP contribution is 2.34. The molecule has 1 unspecified atom stereocenters. The van der Waals surface area contributed by atoms with Crippen LogP contribution in [0.4, 0.5) is 15.8 Å². The Kier molecular flexibility index (Phi) is 4.69. The van der Waals surface area contributed by atoms with Gasteiger partial charge in [-0.3, -0.25) is 10.1 Å². The van der Waals surface area contributed by atoms with Gasteiger partial charge in [-0.1, -0.05) is 6.92 Å². The molecule has 2 rings (SSSR count). The molecule has 0 spiro atoms. The van der Waals surface area contributed by atoms with Crippen LogP contribution in [0.3, 0.4) is 0 Å². The summed E-state index contributed by atoms with van der Waals surface area (Å²) in [5.74, 6) is -0.685. The molecule has 8 heteroatoms. The highest BCUT2D eigenvalue weighted by Gasteiger charge is 2.21. The van der Waals surface area contributed by atoms with Crippen molar-refractivity contribution in [3.63, 3.8) is 0 Å². The van der Waals surface area contributed by atoms with Crippen molar-refractivity contribution in [2.45, 2.75) is 19.4 Å². The molecule has 0 aliphatic rings. The molecule has 1 N–H and O–H groups in total. The fraction of sp³-hybridized carbons (Fsp3) is 0.308. The third-order valence-corrected chi connectivity index (χ3v) is 3.84. The van der Waals surface area contributed by atoms with Crippen LogP contribution in [0, 0.1) is 15.9 Å². The molecule has 0 fully saturated rings. The molecule has 0 aliphatic carbocycles. The molecule has 2 aromatic rings. The minimum atomic E-state index is -0.697. The molecule has 0 saturated heterocycles. The molecule has 0 aliphatic heterocycles. The maximum atomic E-state index is 14.0. The Morgan fingerprint density at radius 1 is 1.57 bits per heavy atom. The lowest BCUT2D eigenvalue weighted by Gasteiger charge is -2.17. The lowest BCUT2D eigenvalue weighted by Crippen LogP contribution is -2.11. The van der Waals surface area contributed by atoms with Crippen molar-refractivity contribution in [2.75, 3.05) is 12.4 Å². The normalized spacial score (nSPS) is 12.0. The topological polar surface area (TPSA) is 77.3 Å². The van der Waals surface area contributed by atoms with Crippen molar-refractivity contribution in [2.24, 2.45) is 0 Å². The molecule has 1 atom stereocenters. The van der Waals surface area contributed by atoms with Crippen LogP contribution in [0.2, 0.25) is 0 Å². The predicted octanol–water partition coefficient (Wildman–Crippen LogP) is 3.76. The summed E-state index contributed by atoms with van der Waals surface area (Å²) in [5, 5.41) is 16.5. The Bertz CT molecular complexity index is 634. The first-order valence-corrected chi connectivity index (χ1v) is 7.12. The lowest BCUT2D eigenvalue weighted by atomic mass is 10.2. The van der Waals surface area contributed by atoms with Crippen molar-refractivity contribution in [1.82, 2.24) is 4.98 Å². The van der Waals surface area contributed by atoms with E-state index in [1.165, 1.54) is 24.5 Å². The molecular weight excluding hydrogens is 297 g/mol. The van der Waals surface area contributed by atoms with E-state index in [1.807, 2.05) is 12.3 Å². The summed E-state index contributed by atoms with van der Waals surface area (Å²) in [6, 6.07) is 1.99. The summed E-state index contributed by atoms with van der Waals surface area (Å²) in [4.78, 5) is 14.4. The molecule has 6 nitrogen and oxygen atoms in total. The number of hydrogen-bond donors (Lipinski definition) is 1. The largest absolute Gasteiger partial charge is 0.490 e. The summed E-state index contributed by atoms with van der Waals surface area (Å²) in [6.07, 6.45) is 2.38. The number of rotatable bonds is 6. The highest BCUT2D eigenvalue weighted by molar-refractivity contribution is 7.09. The molecule has 112 valence electrons. The summed E-state index contributed by atoms with van der Waals surface area (Å²) < 4.78 is 19.0. The van der Waals surface area contributed by atoms with Crippen molar-refractivity contribution in [3.8, 4) is 5.75 Å². The van der Waals surface area contributed by atoms with Gasteiger partial charge in [0.05, 0.1) is 29.8 Å². The number of ether oxygens (including phenoxy) is 1. The number of methoxy groups -OCH3 is 1. The monoisotopic (exact) mass is 311 g/mol. The number of benzene rings is 1. The number of nitro groups is 1. The van der Waals surface area contributed by atoms with E-state index in [9.17, 15) is 14.5 Å². The van der Waals surface area contributed by atoms with E-state index in [2.05, 4.69) is 10.3 Å². The van der Waals surface area contributed by atoms with Gasteiger partial charge in [0.2, 0.25) is 0 Å². The second-order valence-electron chi connectivity index (χ2n) is 4.24. The minimum absolute atomic E-state index is 0.0119. The van der Waals surface area contributed by atoms with Crippen LogP contribution in [0.5, 0.6) is 5.75 Å². The zero-order valence-electron chi connectivity index (χ0n) is 11.5. The average molecular weight is 311 g/mol. The lowest BCUT2D eigenvalue weighted by molar-refractivity contribution is -0.385. The van der Waals surface area contributed by atoms with Crippen LogP contribution in [-0.4, -0.2) is 17.0 Å². The van der Waals surface area contributed by atoms with Gasteiger partial charge in [0, 0.05) is 17.6 Å². The number of nitrogens with zero attached hydrogens (tertiary/aromatic N) is 2. The molecule has 1 heterocycles. The van der Waals surface area contributed by atoms with Crippen LogP contribution < -0.4 is 10.1 Å². The number of aromatic nitrogens is 1. The molecule has 21 heavy (non-hydrogen) atoms. The Morgan fingerprint density at radius 2 is 2.33 bits per heavy atom. The Hall–Kier alpha value is -2.22. The molecular formula is C13H14FN3O3S. The van der Waals surface area contributed by atoms with Gasteiger partial charge in [0.15, 0.2) is 11.6 Å². The SMILES string of the molecule is CCC(Nc1cc(OC)c([N+](=O)[O-])cc1F)c1nccs1. The molecule has 0 radical (unpaired) electrons. The van der Waals surface area contributed by atoms with Crippen LogP contribution >= 0.6 is 11.3 Å². The van der Waals surface area contributed by atoms with E-state index in [0.717, 1.165) is 11.1 Å². The van der Waals surface area contributed by atoms with E-state index in [4.69, 9.17) is 4.74 Å². The van der Waals surface area contributed by atoms with Crippen molar-refractivity contribution in [3.05, 3.63) is 44.6 Å². The van der Waals surface area contributed by atoms with Gasteiger partial charge >= 0.3 is 5.69 Å². The number of hydrogen-bond acceptors (Lipinski definition) is 6. The van der Waals surface area contributed by atoms with E-state index < -0.39 is 16.4 Å². The van der Waals surface area contributed by atoms with Gasteiger partial charge in [-0.15, -0.1) is 11.3 Å². The first kappa shape index (κ1) is 15.2. The molecule has 1 aromatic heterocycles. The zero-order chi connectivity index (χ0) is 15.4. The Morgan fingerprint density at radius 3 is 2.86 bits per heavy atom. The smallest absolute Gasteiger partial charge is 0.313 e. The van der Waals surface area contributed by atoms with Gasteiger partial charge in [-0.2, -0.15) is 0 Å². The van der Waals surface area contributed by atoms with Crippen molar-refractivity contribution >= 4 is 22.7 Å². The predicted molar refractivity (Wildman–Crippen MR) is 78.4 cm³/mol. The van der Waals surface area contributed by atoms with E-state index in [-0.39, 0.29) is 17.5 Å². The van der Waals surface area contributed by atoms with Gasteiger partial charge < -0.3 is 10.1 Å². The van der Waals surface area contributed by atoms with Gasteiger partial charge in [0.25, 0.3) is 0 Å². The third kappa shape index (κ3) is 3.27. The molecule has 0 amide bonds. The van der Waals surface area contributed by atoms with Gasteiger partial charge in [-0.25, -0.2) is 9.37 Å². The van der Waals surface area contributed by atoms with Crippen LogP contribution in [0.1, 0.15) is 24.4 Å². The number of nitro benzene ring substituents is 1. The fourth-order valence-corrected chi connectivity index (χ4v) is 2.67. The van der Waals surface area contributed by atoms with E-state index in [1.54, 1.807) is 6.20 Å². The summed E-state index contributed by atoms with van der Waals surface area (Å²) in [6.45, 7) is 1.94. The quantitative estimate of drug-likeness (QED) is 0.649. The molecule has 1 aromatic carbocycles. The van der Waals surface area contributed by atoms with Gasteiger partial charge in [0.1, 0.15) is 5.01 Å². The Balaban J connectivity index is 2.33. The average Bonchev–Trinajstić information content (AvgIpc) is 2.99. The minimum Gasteiger partial charge on any atom is -0.490 e. The molecule has 0 saturated carbocycles. The first-order chi connectivity index (χ1) is 10.1. The van der Waals surface area contributed by atoms with Gasteiger partial charge in [-0.05, 0) is 6.42 Å². The maximum Gasteiger partial charge on any atom is 0.313 e. The number of anilines is 1. The van der Waals surface area contributed by atoms with E-state index >= 15 is 0 Å². The number of nitrogens with one attached hydrogen (secondary N) is 1. The Labute approximate surface area is 124 Å². The summed E-state index contributed by atoms with van der Waals surface area (Å²) in [5.41, 5.74) is -0.248. The van der Waals surface area contributed by atoms with Crippen LogP contribution in [0.25, 0.3) is 0 Å². The van der Waals surface area contributed by atoms with Crippen molar-refractivity contribution < 1.29 is 14.1 Å². The van der Waals surface area contributed by atoms with Crippen LogP contribution in [-0.2, 0) is 0 Å². The zero-order valence-corrected chi connectivity index (χ0v) is 12.3. The van der Waals surface area contributed by atoms with Crippen LogP contribution in [0.15, 0.2) is 23.7 Å². The summed E-state index contributed by atoms with van der Waals surface area (Å²) in [7, 11) is 1.31. The number of thiazole rings is 1. The van der Waals surface area contributed by atoms with E-state index in [0.29, 0.717) is 6.42 Å². The summed E-state index contributed by atoms with van der Waals surface area (Å²) >= 11 is 1.46. The standard InChI is InChI=1S/C13H14FN3O3S/c1-3-9(13-15-4-5-21-13)16-10-7-12(20-2)11(17(18)19)6-8(10)14/h4-7,9,16H,3H2,1-2H3. The third-order valence-electron chi connectivity index (χ3n) is 2.95. The number of halogens is 1. The fourth-order valence-electron chi connectivity index (χ4n) is 1.89. The second kappa shape index (κ2) is 6.49. The highest BCUT2D eigenvalue weighted by atomic mass is 32.1.